The standard InChI is InChI=1S/C18H30N6O2.HI/c1-19-18(20-13-17(25)21-15-5-3-2-4-6-15)24-10-8-23(9-11-24)14-16-7-12-26-22-16;/h7,12,15H,2-6,8-11,13-14H2,1H3,(H,19,20)(H,21,25);1H. The van der Waals surface area contributed by atoms with Gasteiger partial charge in [-0.1, -0.05) is 24.4 Å². The largest absolute Gasteiger partial charge is 0.364 e. The molecule has 2 fully saturated rings. The molecule has 1 saturated carbocycles. The van der Waals surface area contributed by atoms with E-state index in [-0.39, 0.29) is 36.4 Å². The normalized spacial score (nSPS) is 19.4. The first kappa shape index (κ1) is 21.9. The van der Waals surface area contributed by atoms with E-state index in [4.69, 9.17) is 4.52 Å². The van der Waals surface area contributed by atoms with E-state index in [9.17, 15) is 4.79 Å². The minimum atomic E-state index is 0. The highest BCUT2D eigenvalue weighted by Gasteiger charge is 2.21. The SMILES string of the molecule is CN=C(NCC(=O)NC1CCCCC1)N1CCN(Cc2ccon2)CC1.I. The Hall–Kier alpha value is -1.36. The van der Waals surface area contributed by atoms with Crippen molar-refractivity contribution in [2.45, 2.75) is 44.7 Å². The van der Waals surface area contributed by atoms with E-state index in [0.717, 1.165) is 57.2 Å². The van der Waals surface area contributed by atoms with Gasteiger partial charge in [0.05, 0.1) is 12.2 Å². The monoisotopic (exact) mass is 490 g/mol. The Labute approximate surface area is 178 Å². The Morgan fingerprint density at radius 1 is 1.26 bits per heavy atom. The number of hydrogen-bond donors (Lipinski definition) is 2. The minimum Gasteiger partial charge on any atom is -0.364 e. The zero-order valence-corrected chi connectivity index (χ0v) is 18.4. The molecule has 3 rings (SSSR count). The number of piperazine rings is 1. The lowest BCUT2D eigenvalue weighted by Crippen LogP contribution is -2.53. The molecule has 2 heterocycles. The third-order valence-corrected chi connectivity index (χ3v) is 5.14. The van der Waals surface area contributed by atoms with Crippen molar-refractivity contribution in [3.63, 3.8) is 0 Å². The number of nitrogens with one attached hydrogen (secondary N) is 2. The minimum absolute atomic E-state index is 0. The van der Waals surface area contributed by atoms with Crippen LogP contribution in [0.3, 0.4) is 0 Å². The van der Waals surface area contributed by atoms with Crippen LogP contribution in [0.15, 0.2) is 21.8 Å². The smallest absolute Gasteiger partial charge is 0.239 e. The molecule has 0 unspecified atom stereocenters. The summed E-state index contributed by atoms with van der Waals surface area (Å²) in [6, 6.07) is 2.25. The predicted octanol–water partition coefficient (Wildman–Crippen LogP) is 1.43. The van der Waals surface area contributed by atoms with Crippen LogP contribution in [0.4, 0.5) is 0 Å². The highest BCUT2D eigenvalue weighted by molar-refractivity contribution is 14.0. The summed E-state index contributed by atoms with van der Waals surface area (Å²) in [6.07, 6.45) is 7.55. The number of aromatic nitrogens is 1. The van der Waals surface area contributed by atoms with Gasteiger partial charge < -0.3 is 20.1 Å². The van der Waals surface area contributed by atoms with Crippen LogP contribution in [0.5, 0.6) is 0 Å². The van der Waals surface area contributed by atoms with Crippen LogP contribution in [0.1, 0.15) is 37.8 Å². The molecule has 1 aromatic heterocycles. The molecule has 0 aromatic carbocycles. The fourth-order valence-corrected chi connectivity index (χ4v) is 3.68. The van der Waals surface area contributed by atoms with Gasteiger partial charge in [0.2, 0.25) is 5.91 Å². The second-order valence-electron chi connectivity index (χ2n) is 7.06. The molecule has 2 N–H and O–H groups in total. The predicted molar refractivity (Wildman–Crippen MR) is 115 cm³/mol. The van der Waals surface area contributed by atoms with Crippen molar-refractivity contribution in [3.8, 4) is 0 Å². The van der Waals surface area contributed by atoms with Crippen LogP contribution in [0.2, 0.25) is 0 Å². The number of nitrogens with zero attached hydrogens (tertiary/aromatic N) is 4. The Morgan fingerprint density at radius 3 is 2.63 bits per heavy atom. The molecule has 9 heteroatoms. The van der Waals surface area contributed by atoms with Gasteiger partial charge in [0.25, 0.3) is 0 Å². The number of carbonyl (C=O) groups excluding carboxylic acids is 1. The molecule has 1 aromatic rings. The molecule has 1 saturated heterocycles. The van der Waals surface area contributed by atoms with E-state index in [2.05, 4.69) is 30.6 Å². The van der Waals surface area contributed by atoms with E-state index in [0.29, 0.717) is 6.04 Å². The Balaban J connectivity index is 0.00000261. The highest BCUT2D eigenvalue weighted by atomic mass is 127. The number of hydrogen-bond acceptors (Lipinski definition) is 5. The summed E-state index contributed by atoms with van der Waals surface area (Å²) in [6.45, 7) is 4.70. The van der Waals surface area contributed by atoms with Gasteiger partial charge in [0, 0.05) is 51.9 Å². The fraction of sp³-hybridized carbons (Fsp3) is 0.722. The van der Waals surface area contributed by atoms with Gasteiger partial charge in [-0.3, -0.25) is 14.7 Å². The van der Waals surface area contributed by atoms with Crippen LogP contribution >= 0.6 is 24.0 Å². The van der Waals surface area contributed by atoms with Crippen LogP contribution in [0.25, 0.3) is 0 Å². The second kappa shape index (κ2) is 11.5. The maximum atomic E-state index is 12.2. The van der Waals surface area contributed by atoms with Crippen molar-refractivity contribution in [1.82, 2.24) is 25.6 Å². The first-order valence-electron chi connectivity index (χ1n) is 9.61. The number of rotatable bonds is 5. The highest BCUT2D eigenvalue weighted by Crippen LogP contribution is 2.17. The van der Waals surface area contributed by atoms with E-state index < -0.39 is 0 Å². The Kier molecular flexibility index (Phi) is 9.32. The van der Waals surface area contributed by atoms with E-state index in [1.54, 1.807) is 13.3 Å². The van der Waals surface area contributed by atoms with Crippen molar-refractivity contribution >= 4 is 35.8 Å². The quantitative estimate of drug-likeness (QED) is 0.369. The van der Waals surface area contributed by atoms with Gasteiger partial charge in [0.1, 0.15) is 6.26 Å². The molecular formula is C18H31IN6O2. The van der Waals surface area contributed by atoms with Gasteiger partial charge in [-0.2, -0.15) is 0 Å². The van der Waals surface area contributed by atoms with Gasteiger partial charge in [-0.05, 0) is 12.8 Å². The summed E-state index contributed by atoms with van der Waals surface area (Å²) in [5.74, 6) is 0.854. The number of aliphatic imine (C=N–C) groups is 1. The van der Waals surface area contributed by atoms with Crippen molar-refractivity contribution in [2.24, 2.45) is 4.99 Å². The molecule has 152 valence electrons. The molecule has 27 heavy (non-hydrogen) atoms. The van der Waals surface area contributed by atoms with Crippen LogP contribution in [-0.2, 0) is 11.3 Å². The molecule has 8 nitrogen and oxygen atoms in total. The average molecular weight is 490 g/mol. The summed E-state index contributed by atoms with van der Waals surface area (Å²) < 4.78 is 4.89. The van der Waals surface area contributed by atoms with Crippen LogP contribution < -0.4 is 10.6 Å². The van der Waals surface area contributed by atoms with Crippen molar-refractivity contribution in [2.75, 3.05) is 39.8 Å². The average Bonchev–Trinajstić information content (AvgIpc) is 3.17. The Morgan fingerprint density at radius 2 is 2.00 bits per heavy atom. The molecule has 2 aliphatic rings. The second-order valence-corrected chi connectivity index (χ2v) is 7.06. The van der Waals surface area contributed by atoms with Gasteiger partial charge >= 0.3 is 0 Å². The van der Waals surface area contributed by atoms with E-state index >= 15 is 0 Å². The number of carbonyl (C=O) groups is 1. The molecule has 0 bridgehead atoms. The first-order valence-corrected chi connectivity index (χ1v) is 9.61. The molecule has 1 aliphatic heterocycles. The lowest BCUT2D eigenvalue weighted by atomic mass is 9.95. The van der Waals surface area contributed by atoms with Crippen LogP contribution in [0, 0.1) is 0 Å². The molecule has 1 amide bonds. The molecule has 0 atom stereocenters. The number of guanidine groups is 1. The lowest BCUT2D eigenvalue weighted by Gasteiger charge is -2.36. The summed E-state index contributed by atoms with van der Waals surface area (Å²) in [4.78, 5) is 21.1. The first-order chi connectivity index (χ1) is 12.7. The molecule has 1 aliphatic carbocycles. The van der Waals surface area contributed by atoms with Crippen molar-refractivity contribution in [3.05, 3.63) is 18.0 Å². The van der Waals surface area contributed by atoms with Gasteiger partial charge in [-0.25, -0.2) is 0 Å². The maximum absolute atomic E-state index is 12.2. The summed E-state index contributed by atoms with van der Waals surface area (Å²) in [5.41, 5.74) is 0.959. The Bertz CT molecular complexity index is 581. The zero-order chi connectivity index (χ0) is 18.2. The summed E-state index contributed by atoms with van der Waals surface area (Å²) >= 11 is 0. The van der Waals surface area contributed by atoms with Gasteiger partial charge in [-0.15, -0.1) is 24.0 Å². The third kappa shape index (κ3) is 6.95. The van der Waals surface area contributed by atoms with Gasteiger partial charge in [0.15, 0.2) is 5.96 Å². The number of halogens is 1. The molecule has 0 radical (unpaired) electrons. The summed E-state index contributed by atoms with van der Waals surface area (Å²) in [7, 11) is 1.77. The van der Waals surface area contributed by atoms with E-state index in [1.807, 2.05) is 6.07 Å². The van der Waals surface area contributed by atoms with Crippen LogP contribution in [-0.4, -0.2) is 72.6 Å². The number of amides is 1. The topological polar surface area (TPSA) is 86.0 Å². The lowest BCUT2D eigenvalue weighted by molar-refractivity contribution is -0.120. The molecular weight excluding hydrogens is 459 g/mol. The van der Waals surface area contributed by atoms with Crippen molar-refractivity contribution < 1.29 is 9.32 Å². The molecule has 0 spiro atoms. The van der Waals surface area contributed by atoms with E-state index in [1.165, 1.54) is 19.3 Å². The third-order valence-electron chi connectivity index (χ3n) is 5.14. The summed E-state index contributed by atoms with van der Waals surface area (Å²) in [5, 5.41) is 10.3. The fourth-order valence-electron chi connectivity index (χ4n) is 3.68. The van der Waals surface area contributed by atoms with Crippen molar-refractivity contribution in [1.29, 1.82) is 0 Å². The zero-order valence-electron chi connectivity index (χ0n) is 16.0. The maximum Gasteiger partial charge on any atom is 0.239 e.